The average molecular weight is 370 g/mol. The Hall–Kier alpha value is -2.84. The number of carbonyl (C=O) groups excluding carboxylic acids is 2. The molecule has 1 N–H and O–H groups in total. The number of hydrogen-bond donors (Lipinski definition) is 1. The van der Waals surface area contributed by atoms with Gasteiger partial charge in [0.25, 0.3) is 0 Å². The van der Waals surface area contributed by atoms with Gasteiger partial charge in [-0.2, -0.15) is 8.78 Å². The van der Waals surface area contributed by atoms with Gasteiger partial charge in [-0.25, -0.2) is 9.59 Å². The number of esters is 1. The van der Waals surface area contributed by atoms with E-state index in [-0.39, 0.29) is 17.1 Å². The molecule has 0 aliphatic carbocycles. The summed E-state index contributed by atoms with van der Waals surface area (Å²) in [6.45, 7) is 0.697. The maximum Gasteiger partial charge on any atom is 0.387 e. The van der Waals surface area contributed by atoms with Crippen molar-refractivity contribution in [1.82, 2.24) is 10.2 Å². The molecule has 0 radical (unpaired) electrons. The van der Waals surface area contributed by atoms with Crippen LogP contribution in [-0.4, -0.2) is 44.3 Å². The molecule has 0 aromatic heterocycles. The van der Waals surface area contributed by atoms with Gasteiger partial charge in [-0.15, -0.1) is 0 Å². The molecule has 0 saturated heterocycles. The zero-order valence-corrected chi connectivity index (χ0v) is 14.8. The highest BCUT2D eigenvalue weighted by Gasteiger charge is 2.36. The van der Waals surface area contributed by atoms with Crippen LogP contribution in [0.25, 0.3) is 0 Å². The number of ether oxygens (including phenoxy) is 3. The lowest BCUT2D eigenvalue weighted by atomic mass is 9.94. The Morgan fingerprint density at radius 3 is 2.54 bits per heavy atom. The number of benzene rings is 1. The normalized spacial score (nSPS) is 17.3. The van der Waals surface area contributed by atoms with Crippen molar-refractivity contribution < 1.29 is 32.6 Å². The van der Waals surface area contributed by atoms with E-state index in [1.165, 1.54) is 31.3 Å². The number of nitrogens with one attached hydrogen (secondary N) is 1. The van der Waals surface area contributed by atoms with Crippen LogP contribution in [0.4, 0.5) is 13.6 Å². The first kappa shape index (κ1) is 19.5. The molecule has 1 aromatic carbocycles. The van der Waals surface area contributed by atoms with Crippen LogP contribution in [0, 0.1) is 0 Å². The molecular formula is C17H20F2N2O5. The first-order valence-corrected chi connectivity index (χ1v) is 7.83. The molecule has 26 heavy (non-hydrogen) atoms. The van der Waals surface area contributed by atoms with Gasteiger partial charge < -0.3 is 19.5 Å². The number of amides is 2. The fourth-order valence-corrected chi connectivity index (χ4v) is 2.85. The van der Waals surface area contributed by atoms with E-state index >= 15 is 0 Å². The second-order valence-electron chi connectivity index (χ2n) is 5.41. The van der Waals surface area contributed by atoms with Crippen LogP contribution in [0.1, 0.15) is 25.5 Å². The smallest absolute Gasteiger partial charge is 0.387 e. The van der Waals surface area contributed by atoms with Crippen LogP contribution >= 0.6 is 0 Å². The summed E-state index contributed by atoms with van der Waals surface area (Å²) in [5.41, 5.74) is 1.02. The number of halogens is 2. The third kappa shape index (κ3) is 3.71. The number of hydrogen-bond acceptors (Lipinski definition) is 5. The van der Waals surface area contributed by atoms with Crippen LogP contribution in [0.2, 0.25) is 0 Å². The molecule has 0 bridgehead atoms. The molecule has 0 spiro atoms. The Morgan fingerprint density at radius 1 is 1.31 bits per heavy atom. The number of rotatable bonds is 6. The van der Waals surface area contributed by atoms with E-state index in [2.05, 4.69) is 10.1 Å². The summed E-state index contributed by atoms with van der Waals surface area (Å²) in [5.74, 6) is -0.723. The van der Waals surface area contributed by atoms with Crippen molar-refractivity contribution in [3.05, 3.63) is 35.0 Å². The third-order valence-corrected chi connectivity index (χ3v) is 4.05. The minimum Gasteiger partial charge on any atom is -0.493 e. The highest BCUT2D eigenvalue weighted by molar-refractivity contribution is 5.95. The molecule has 2 amide bonds. The molecule has 0 saturated carbocycles. The van der Waals surface area contributed by atoms with Crippen molar-refractivity contribution in [2.75, 3.05) is 20.8 Å². The fourth-order valence-electron chi connectivity index (χ4n) is 2.85. The van der Waals surface area contributed by atoms with Crippen molar-refractivity contribution in [3.8, 4) is 11.5 Å². The summed E-state index contributed by atoms with van der Waals surface area (Å²) in [7, 11) is 2.55. The lowest BCUT2D eigenvalue weighted by molar-refractivity contribution is -0.136. The Kier molecular flexibility index (Phi) is 6.01. The van der Waals surface area contributed by atoms with Gasteiger partial charge in [0.1, 0.15) is 0 Å². The number of methoxy groups -OCH3 is 2. The maximum atomic E-state index is 12.7. The van der Waals surface area contributed by atoms with E-state index < -0.39 is 24.7 Å². The van der Waals surface area contributed by atoms with E-state index in [4.69, 9.17) is 9.47 Å². The minimum absolute atomic E-state index is 0.103. The third-order valence-electron chi connectivity index (χ3n) is 4.05. The lowest BCUT2D eigenvalue weighted by Crippen LogP contribution is -2.47. The van der Waals surface area contributed by atoms with Crippen LogP contribution < -0.4 is 14.8 Å². The van der Waals surface area contributed by atoms with Crippen LogP contribution in [-0.2, 0) is 9.53 Å². The summed E-state index contributed by atoms with van der Waals surface area (Å²) in [4.78, 5) is 26.0. The predicted octanol–water partition coefficient (Wildman–Crippen LogP) is 2.83. The fraction of sp³-hybridized carbons (Fsp3) is 0.412. The number of nitrogens with zero attached hydrogens (tertiary/aromatic N) is 1. The number of alkyl halides is 2. The van der Waals surface area contributed by atoms with Gasteiger partial charge in [-0.3, -0.25) is 4.90 Å². The van der Waals surface area contributed by atoms with E-state index in [1.54, 1.807) is 19.9 Å². The molecule has 142 valence electrons. The molecule has 1 aliphatic heterocycles. The number of allylic oxidation sites excluding steroid dienone is 1. The van der Waals surface area contributed by atoms with Gasteiger partial charge in [0.2, 0.25) is 0 Å². The summed E-state index contributed by atoms with van der Waals surface area (Å²) in [6, 6.07) is 3.00. The van der Waals surface area contributed by atoms with Crippen molar-refractivity contribution >= 4 is 12.0 Å². The van der Waals surface area contributed by atoms with E-state index in [9.17, 15) is 18.4 Å². The Balaban J connectivity index is 2.56. The molecule has 1 aromatic rings. The van der Waals surface area contributed by atoms with Crippen molar-refractivity contribution in [2.45, 2.75) is 26.5 Å². The zero-order valence-electron chi connectivity index (χ0n) is 14.8. The predicted molar refractivity (Wildman–Crippen MR) is 88.0 cm³/mol. The zero-order chi connectivity index (χ0) is 19.4. The van der Waals surface area contributed by atoms with Gasteiger partial charge in [0.05, 0.1) is 25.8 Å². The Labute approximate surface area is 149 Å². The van der Waals surface area contributed by atoms with Gasteiger partial charge >= 0.3 is 18.6 Å². The van der Waals surface area contributed by atoms with E-state index in [0.717, 1.165) is 0 Å². The number of urea groups is 1. The summed E-state index contributed by atoms with van der Waals surface area (Å²) >= 11 is 0. The molecule has 9 heteroatoms. The molecule has 0 unspecified atom stereocenters. The van der Waals surface area contributed by atoms with Crippen LogP contribution in [0.3, 0.4) is 0 Å². The quantitative estimate of drug-likeness (QED) is 0.780. The van der Waals surface area contributed by atoms with Crippen molar-refractivity contribution in [2.24, 2.45) is 0 Å². The molecule has 2 rings (SSSR count). The molecule has 1 heterocycles. The Bertz CT molecular complexity index is 736. The first-order chi connectivity index (χ1) is 12.3. The summed E-state index contributed by atoms with van der Waals surface area (Å²) in [5, 5.41) is 2.69. The number of carbonyl (C=O) groups is 2. The largest absolute Gasteiger partial charge is 0.493 e. The van der Waals surface area contributed by atoms with E-state index in [0.29, 0.717) is 17.8 Å². The van der Waals surface area contributed by atoms with E-state index in [1.807, 2.05) is 0 Å². The molecule has 1 aliphatic rings. The van der Waals surface area contributed by atoms with Gasteiger partial charge in [0, 0.05) is 12.2 Å². The van der Waals surface area contributed by atoms with Gasteiger partial charge in [0.15, 0.2) is 11.5 Å². The second-order valence-corrected chi connectivity index (χ2v) is 5.41. The van der Waals surface area contributed by atoms with Gasteiger partial charge in [-0.1, -0.05) is 6.07 Å². The average Bonchev–Trinajstić information content (AvgIpc) is 2.60. The van der Waals surface area contributed by atoms with Crippen molar-refractivity contribution in [1.29, 1.82) is 0 Å². The Morgan fingerprint density at radius 2 is 2.00 bits per heavy atom. The highest BCUT2D eigenvalue weighted by atomic mass is 19.3. The highest BCUT2D eigenvalue weighted by Crippen LogP contribution is 2.36. The van der Waals surface area contributed by atoms with Gasteiger partial charge in [-0.05, 0) is 31.5 Å². The monoisotopic (exact) mass is 370 g/mol. The molecule has 1 atom stereocenters. The van der Waals surface area contributed by atoms with Crippen molar-refractivity contribution in [3.63, 3.8) is 0 Å². The lowest BCUT2D eigenvalue weighted by Gasteiger charge is -2.34. The molecular weight excluding hydrogens is 350 g/mol. The van der Waals surface area contributed by atoms with Crippen LogP contribution in [0.5, 0.6) is 11.5 Å². The second kappa shape index (κ2) is 8.03. The maximum absolute atomic E-state index is 12.7. The molecule has 7 nitrogen and oxygen atoms in total. The SMILES string of the molecule is CCN1C(=O)N[C@@H](c2ccc(OC)c(OC(F)F)c2)C(C(=O)OC)=C1C. The minimum atomic E-state index is -3.05. The standard InChI is InChI=1S/C17H20F2N2O5/c1-5-21-9(2)13(15(22)25-4)14(20-17(21)23)10-6-7-11(24-3)12(8-10)26-16(18)19/h6-8,14,16H,5H2,1-4H3,(H,20,23)/t14-/m0/s1. The van der Waals surface area contributed by atoms with Crippen LogP contribution in [0.15, 0.2) is 29.5 Å². The topological polar surface area (TPSA) is 77.1 Å². The first-order valence-electron chi connectivity index (χ1n) is 7.83. The molecule has 0 fully saturated rings. The summed E-state index contributed by atoms with van der Waals surface area (Å²) < 4.78 is 39.6. The summed E-state index contributed by atoms with van der Waals surface area (Å²) in [6.07, 6.45) is 0.